The molecule has 0 bridgehead atoms. The van der Waals surface area contributed by atoms with Gasteiger partial charge >= 0.3 is 6.03 Å². The molecule has 104 valence electrons. The fourth-order valence-electron chi connectivity index (χ4n) is 2.34. The maximum absolute atomic E-state index is 11.9. The molecule has 2 amide bonds. The molecular weight excluding hydrogens is 264 g/mol. The summed E-state index contributed by atoms with van der Waals surface area (Å²) in [4.78, 5) is 11.9. The second kappa shape index (κ2) is 6.15. The Morgan fingerprint density at radius 1 is 1.37 bits per heavy atom. The number of aryl methyl sites for hydroxylation is 1. The SMILES string of the molecule is COc1cc(C)c(Cl)cc1NC(=O)NC1CCCC1. The van der Waals surface area contributed by atoms with Crippen LogP contribution in [0.15, 0.2) is 12.1 Å². The zero-order valence-electron chi connectivity index (χ0n) is 11.3. The van der Waals surface area contributed by atoms with Gasteiger partial charge in [-0.3, -0.25) is 0 Å². The first-order valence-electron chi connectivity index (χ1n) is 6.52. The molecule has 0 heterocycles. The van der Waals surface area contributed by atoms with Gasteiger partial charge in [0.15, 0.2) is 0 Å². The minimum atomic E-state index is -0.204. The summed E-state index contributed by atoms with van der Waals surface area (Å²) in [6.45, 7) is 1.90. The Morgan fingerprint density at radius 3 is 2.68 bits per heavy atom. The summed E-state index contributed by atoms with van der Waals surface area (Å²) in [7, 11) is 1.57. The third-order valence-corrected chi connectivity index (χ3v) is 3.83. The summed E-state index contributed by atoms with van der Waals surface area (Å²) >= 11 is 6.07. The molecule has 1 aliphatic carbocycles. The predicted molar refractivity (Wildman–Crippen MR) is 77.2 cm³/mol. The van der Waals surface area contributed by atoms with Gasteiger partial charge in [-0.15, -0.1) is 0 Å². The largest absolute Gasteiger partial charge is 0.495 e. The van der Waals surface area contributed by atoms with Crippen molar-refractivity contribution in [2.45, 2.75) is 38.6 Å². The van der Waals surface area contributed by atoms with Gasteiger partial charge in [-0.2, -0.15) is 0 Å². The number of amides is 2. The number of hydrogen-bond acceptors (Lipinski definition) is 2. The van der Waals surface area contributed by atoms with E-state index in [4.69, 9.17) is 16.3 Å². The second-order valence-electron chi connectivity index (χ2n) is 4.88. The monoisotopic (exact) mass is 282 g/mol. The van der Waals surface area contributed by atoms with Gasteiger partial charge in [0.2, 0.25) is 0 Å². The van der Waals surface area contributed by atoms with Crippen LogP contribution < -0.4 is 15.4 Å². The summed E-state index contributed by atoms with van der Waals surface area (Å²) in [5.74, 6) is 0.614. The number of rotatable bonds is 3. The number of urea groups is 1. The summed E-state index contributed by atoms with van der Waals surface area (Å²) < 4.78 is 5.25. The lowest BCUT2D eigenvalue weighted by atomic mass is 10.2. The van der Waals surface area contributed by atoms with Crippen molar-refractivity contribution >= 4 is 23.3 Å². The average Bonchev–Trinajstić information content (AvgIpc) is 2.86. The number of ether oxygens (including phenoxy) is 1. The fraction of sp³-hybridized carbons (Fsp3) is 0.500. The molecule has 0 saturated heterocycles. The number of benzene rings is 1. The highest BCUT2D eigenvalue weighted by molar-refractivity contribution is 6.31. The zero-order valence-corrected chi connectivity index (χ0v) is 12.0. The van der Waals surface area contributed by atoms with Gasteiger partial charge < -0.3 is 15.4 Å². The fourth-order valence-corrected chi connectivity index (χ4v) is 2.50. The highest BCUT2D eigenvalue weighted by Crippen LogP contribution is 2.30. The van der Waals surface area contributed by atoms with Crippen LogP contribution in [-0.4, -0.2) is 19.2 Å². The van der Waals surface area contributed by atoms with Gasteiger partial charge in [0.05, 0.1) is 12.8 Å². The summed E-state index contributed by atoms with van der Waals surface area (Å²) in [5, 5.41) is 6.37. The Kier molecular flexibility index (Phi) is 4.53. The predicted octanol–water partition coefficient (Wildman–Crippen LogP) is 3.72. The van der Waals surface area contributed by atoms with E-state index in [-0.39, 0.29) is 12.1 Å². The molecule has 0 unspecified atom stereocenters. The van der Waals surface area contributed by atoms with Crippen LogP contribution in [-0.2, 0) is 0 Å². The van der Waals surface area contributed by atoms with Crippen molar-refractivity contribution in [3.63, 3.8) is 0 Å². The van der Waals surface area contributed by atoms with Crippen LogP contribution in [0.5, 0.6) is 5.75 Å². The molecule has 0 radical (unpaired) electrons. The molecule has 2 rings (SSSR count). The molecule has 1 saturated carbocycles. The van der Waals surface area contributed by atoms with Crippen molar-refractivity contribution in [2.24, 2.45) is 0 Å². The van der Waals surface area contributed by atoms with Gasteiger partial charge in [0.1, 0.15) is 5.75 Å². The quantitative estimate of drug-likeness (QED) is 0.888. The normalized spacial score (nSPS) is 15.3. The topological polar surface area (TPSA) is 50.4 Å². The standard InChI is InChI=1S/C14H19ClN2O2/c1-9-7-13(19-2)12(8-11(9)15)17-14(18)16-10-5-3-4-6-10/h7-8,10H,3-6H2,1-2H3,(H2,16,17,18). The highest BCUT2D eigenvalue weighted by Gasteiger charge is 2.18. The van der Waals surface area contributed by atoms with Crippen LogP contribution in [0.2, 0.25) is 5.02 Å². The van der Waals surface area contributed by atoms with Crippen molar-refractivity contribution in [1.82, 2.24) is 5.32 Å². The molecule has 2 N–H and O–H groups in total. The molecule has 4 nitrogen and oxygen atoms in total. The Bertz CT molecular complexity index is 471. The smallest absolute Gasteiger partial charge is 0.319 e. The van der Waals surface area contributed by atoms with Crippen LogP contribution in [0.25, 0.3) is 0 Å². The second-order valence-corrected chi connectivity index (χ2v) is 5.29. The molecule has 0 spiro atoms. The Morgan fingerprint density at radius 2 is 2.05 bits per heavy atom. The maximum atomic E-state index is 11.9. The number of carbonyl (C=O) groups is 1. The van der Waals surface area contributed by atoms with Crippen LogP contribution in [0.3, 0.4) is 0 Å². The van der Waals surface area contributed by atoms with E-state index in [1.807, 2.05) is 13.0 Å². The van der Waals surface area contributed by atoms with E-state index in [1.165, 1.54) is 12.8 Å². The van der Waals surface area contributed by atoms with E-state index >= 15 is 0 Å². The first-order chi connectivity index (χ1) is 9.10. The Hall–Kier alpha value is -1.42. The van der Waals surface area contributed by atoms with Crippen molar-refractivity contribution < 1.29 is 9.53 Å². The third-order valence-electron chi connectivity index (χ3n) is 3.42. The molecule has 0 atom stereocenters. The molecule has 1 fully saturated rings. The van der Waals surface area contributed by atoms with E-state index < -0.39 is 0 Å². The average molecular weight is 283 g/mol. The Labute approximate surface area is 118 Å². The van der Waals surface area contributed by atoms with Crippen molar-refractivity contribution in [2.75, 3.05) is 12.4 Å². The van der Waals surface area contributed by atoms with E-state index in [1.54, 1.807) is 13.2 Å². The molecule has 0 aromatic heterocycles. The summed E-state index contributed by atoms with van der Waals surface area (Å²) in [5.41, 5.74) is 1.51. The van der Waals surface area contributed by atoms with E-state index in [2.05, 4.69) is 10.6 Å². The number of carbonyl (C=O) groups excluding carboxylic acids is 1. The van der Waals surface area contributed by atoms with Crippen LogP contribution >= 0.6 is 11.6 Å². The van der Waals surface area contributed by atoms with Gasteiger partial charge in [-0.1, -0.05) is 24.4 Å². The van der Waals surface area contributed by atoms with Gasteiger partial charge in [-0.25, -0.2) is 4.79 Å². The molecule has 19 heavy (non-hydrogen) atoms. The number of anilines is 1. The van der Waals surface area contributed by atoms with E-state index in [0.717, 1.165) is 18.4 Å². The number of hydrogen-bond donors (Lipinski definition) is 2. The molecular formula is C14H19ClN2O2. The number of nitrogens with one attached hydrogen (secondary N) is 2. The van der Waals surface area contributed by atoms with Crippen molar-refractivity contribution in [3.8, 4) is 5.75 Å². The van der Waals surface area contributed by atoms with Crippen molar-refractivity contribution in [3.05, 3.63) is 22.7 Å². The van der Waals surface area contributed by atoms with Crippen LogP contribution in [0.1, 0.15) is 31.2 Å². The summed E-state index contributed by atoms with van der Waals surface area (Å²) in [6, 6.07) is 3.61. The first kappa shape index (κ1) is 14.0. The third kappa shape index (κ3) is 3.53. The molecule has 5 heteroatoms. The molecule has 1 aromatic carbocycles. The minimum Gasteiger partial charge on any atom is -0.495 e. The highest BCUT2D eigenvalue weighted by atomic mass is 35.5. The van der Waals surface area contributed by atoms with Gasteiger partial charge in [0, 0.05) is 11.1 Å². The maximum Gasteiger partial charge on any atom is 0.319 e. The lowest BCUT2D eigenvalue weighted by Gasteiger charge is -2.15. The lowest BCUT2D eigenvalue weighted by Crippen LogP contribution is -2.36. The lowest BCUT2D eigenvalue weighted by molar-refractivity contribution is 0.248. The van der Waals surface area contributed by atoms with Gasteiger partial charge in [0.25, 0.3) is 0 Å². The zero-order chi connectivity index (χ0) is 13.8. The van der Waals surface area contributed by atoms with Crippen molar-refractivity contribution in [1.29, 1.82) is 0 Å². The van der Waals surface area contributed by atoms with E-state index in [0.29, 0.717) is 16.5 Å². The van der Waals surface area contributed by atoms with Crippen LogP contribution in [0.4, 0.5) is 10.5 Å². The molecule has 0 aliphatic heterocycles. The Balaban J connectivity index is 2.04. The molecule has 1 aromatic rings. The van der Waals surface area contributed by atoms with Gasteiger partial charge in [-0.05, 0) is 37.5 Å². The first-order valence-corrected chi connectivity index (χ1v) is 6.89. The summed E-state index contributed by atoms with van der Waals surface area (Å²) in [6.07, 6.45) is 4.48. The molecule has 1 aliphatic rings. The number of methoxy groups -OCH3 is 1. The minimum absolute atomic E-state index is 0.204. The van der Waals surface area contributed by atoms with Crippen LogP contribution in [0, 0.1) is 6.92 Å². The van der Waals surface area contributed by atoms with E-state index in [9.17, 15) is 4.79 Å². The number of halogens is 1.